The van der Waals surface area contributed by atoms with Crippen LogP contribution in [0, 0.1) is 0 Å². The van der Waals surface area contributed by atoms with Gasteiger partial charge in [-0.2, -0.15) is 0 Å². The summed E-state index contributed by atoms with van der Waals surface area (Å²) in [6.45, 7) is 2.39. The van der Waals surface area contributed by atoms with Gasteiger partial charge in [-0.3, -0.25) is 4.98 Å². The summed E-state index contributed by atoms with van der Waals surface area (Å²) < 4.78 is 28.2. The second kappa shape index (κ2) is 10.1. The molecule has 0 bridgehead atoms. The van der Waals surface area contributed by atoms with Crippen LogP contribution >= 0.6 is 0 Å². The third-order valence-electron chi connectivity index (χ3n) is 6.15. The van der Waals surface area contributed by atoms with Gasteiger partial charge in [-0.25, -0.2) is 28.2 Å². The van der Waals surface area contributed by atoms with Crippen molar-refractivity contribution < 1.29 is 8.42 Å². The minimum Gasteiger partial charge on any atom is -0.340 e. The molecule has 0 spiro atoms. The van der Waals surface area contributed by atoms with Crippen LogP contribution in [0.1, 0.15) is 18.2 Å². The number of sulfonamides is 1. The Hall–Kier alpha value is -3.79. The highest BCUT2D eigenvalue weighted by molar-refractivity contribution is 7.89. The molecule has 0 saturated heterocycles. The lowest BCUT2D eigenvalue weighted by atomic mass is 10.1. The highest BCUT2D eigenvalue weighted by Crippen LogP contribution is 2.31. The lowest BCUT2D eigenvalue weighted by Gasteiger charge is -2.34. The van der Waals surface area contributed by atoms with Gasteiger partial charge in [0.15, 0.2) is 0 Å². The van der Waals surface area contributed by atoms with E-state index in [1.807, 2.05) is 66.7 Å². The van der Waals surface area contributed by atoms with Crippen LogP contribution < -0.4 is 10.0 Å². The van der Waals surface area contributed by atoms with Crippen LogP contribution in [-0.4, -0.2) is 48.8 Å². The van der Waals surface area contributed by atoms with Gasteiger partial charge in [-0.1, -0.05) is 36.4 Å². The van der Waals surface area contributed by atoms with Crippen LogP contribution in [0.25, 0.3) is 0 Å². The summed E-state index contributed by atoms with van der Waals surface area (Å²) >= 11 is 0. The van der Waals surface area contributed by atoms with Gasteiger partial charge in [0.25, 0.3) is 0 Å². The Morgan fingerprint density at radius 1 is 0.972 bits per heavy atom. The van der Waals surface area contributed by atoms with Crippen molar-refractivity contribution in [2.75, 3.05) is 18.9 Å². The normalized spacial score (nSPS) is 17.8. The molecule has 0 aliphatic carbocycles. The predicted octanol–water partition coefficient (Wildman–Crippen LogP) is 3.75. The molecule has 2 aromatic carbocycles. The molecule has 1 atom stereocenters. The van der Waals surface area contributed by atoms with Gasteiger partial charge in [0.2, 0.25) is 10.0 Å². The van der Waals surface area contributed by atoms with Crippen LogP contribution in [0.2, 0.25) is 0 Å². The Morgan fingerprint density at radius 2 is 1.72 bits per heavy atom. The van der Waals surface area contributed by atoms with Gasteiger partial charge < -0.3 is 5.32 Å². The van der Waals surface area contributed by atoms with Crippen LogP contribution in [-0.2, 0) is 16.4 Å². The number of hydrogen-bond acceptors (Lipinski definition) is 7. The van der Waals surface area contributed by atoms with Gasteiger partial charge >= 0.3 is 0 Å². The number of hydrogen-bond donors (Lipinski definition) is 2. The molecule has 36 heavy (non-hydrogen) atoms. The number of aliphatic imine (C=N–C) groups is 1. The molecule has 3 heterocycles. The molecule has 5 rings (SSSR count). The number of nitrogens with one attached hydrogen (secondary N) is 2. The average Bonchev–Trinajstić information content (AvgIpc) is 3.18. The molecule has 3 aromatic rings. The van der Waals surface area contributed by atoms with E-state index in [2.05, 4.69) is 33.0 Å². The standard InChI is InChI=1S/C27H28N6O2S/c1-20-18-26-31-25(21-8-4-3-5-9-21)19-27(33(26)32(20)2)30-23-11-13-24(14-12-23)36(34,35)29-17-15-22-10-6-7-16-28-22/h3-14,16,18-20,29-30H,15,17H2,1-2H3. The predicted molar refractivity (Wildman–Crippen MR) is 141 cm³/mol. The van der Waals surface area contributed by atoms with Crippen LogP contribution in [0.3, 0.4) is 0 Å². The maximum Gasteiger partial charge on any atom is 0.240 e. The number of benzene rings is 2. The van der Waals surface area contributed by atoms with E-state index in [1.54, 1.807) is 30.5 Å². The lowest BCUT2D eigenvalue weighted by Crippen LogP contribution is -2.41. The summed E-state index contributed by atoms with van der Waals surface area (Å²) in [6.07, 6.45) is 6.34. The molecule has 0 amide bonds. The van der Waals surface area contributed by atoms with Crippen molar-refractivity contribution in [1.29, 1.82) is 0 Å². The third-order valence-corrected chi connectivity index (χ3v) is 7.63. The Kier molecular flexibility index (Phi) is 6.69. The summed E-state index contributed by atoms with van der Waals surface area (Å²) in [5.74, 6) is 1.69. The van der Waals surface area contributed by atoms with Crippen molar-refractivity contribution in [3.63, 3.8) is 0 Å². The first-order valence-electron chi connectivity index (χ1n) is 11.8. The molecule has 2 N–H and O–H groups in total. The largest absolute Gasteiger partial charge is 0.340 e. The third kappa shape index (κ3) is 5.08. The first-order chi connectivity index (χ1) is 17.4. The molecule has 0 saturated carbocycles. The summed E-state index contributed by atoms with van der Waals surface area (Å²) in [5, 5.41) is 7.58. The smallest absolute Gasteiger partial charge is 0.240 e. The van der Waals surface area contributed by atoms with E-state index < -0.39 is 10.0 Å². The number of rotatable bonds is 8. The number of pyridine rings is 1. The Morgan fingerprint density at radius 3 is 2.44 bits per heavy atom. The average molecular weight is 501 g/mol. The Balaban J connectivity index is 1.32. The number of nitrogens with zero attached hydrogens (tertiary/aromatic N) is 4. The topological polar surface area (TPSA) is 89.9 Å². The first-order valence-corrected chi connectivity index (χ1v) is 13.3. The molecule has 8 nitrogen and oxygen atoms in total. The lowest BCUT2D eigenvalue weighted by molar-refractivity contribution is 0.0770. The Bertz CT molecular complexity index is 1420. The molecule has 184 valence electrons. The zero-order valence-electron chi connectivity index (χ0n) is 20.2. The Labute approximate surface area is 211 Å². The molecule has 1 unspecified atom stereocenters. The summed E-state index contributed by atoms with van der Waals surface area (Å²) in [6, 6.07) is 22.6. The monoisotopic (exact) mass is 500 g/mol. The van der Waals surface area contributed by atoms with E-state index >= 15 is 0 Å². The van der Waals surface area contributed by atoms with Crippen molar-refractivity contribution in [2.24, 2.45) is 4.99 Å². The molecule has 0 fully saturated rings. The van der Waals surface area contributed by atoms with E-state index in [9.17, 15) is 8.42 Å². The van der Waals surface area contributed by atoms with Gasteiger partial charge in [0.1, 0.15) is 11.6 Å². The number of aromatic nitrogens is 1. The minimum absolute atomic E-state index is 0.189. The van der Waals surface area contributed by atoms with Crippen molar-refractivity contribution in [3.8, 4) is 0 Å². The molecule has 9 heteroatoms. The quantitative estimate of drug-likeness (QED) is 0.490. The summed E-state index contributed by atoms with van der Waals surface area (Å²) in [5.41, 5.74) is 3.50. The molecular weight excluding hydrogens is 472 g/mol. The van der Waals surface area contributed by atoms with Crippen LogP contribution in [0.15, 0.2) is 113 Å². The van der Waals surface area contributed by atoms with Crippen molar-refractivity contribution >= 4 is 21.4 Å². The van der Waals surface area contributed by atoms with E-state index in [0.29, 0.717) is 6.42 Å². The maximum absolute atomic E-state index is 12.8. The van der Waals surface area contributed by atoms with Crippen LogP contribution in [0.4, 0.5) is 5.69 Å². The highest BCUT2D eigenvalue weighted by atomic mass is 32.2. The summed E-state index contributed by atoms with van der Waals surface area (Å²) in [7, 11) is -1.61. The fourth-order valence-corrected chi connectivity index (χ4v) is 5.15. The van der Waals surface area contributed by atoms with E-state index in [-0.39, 0.29) is 17.5 Å². The van der Waals surface area contributed by atoms with E-state index in [1.165, 1.54) is 0 Å². The van der Waals surface area contributed by atoms with E-state index in [0.717, 1.165) is 34.3 Å². The fraction of sp³-hybridized carbons (Fsp3) is 0.185. The summed E-state index contributed by atoms with van der Waals surface area (Å²) in [4.78, 5) is 9.30. The SMILES string of the molecule is CC1C=C2N=C(c3ccccc3)C=C(Nc3ccc(S(=O)(=O)NCCc4ccccn4)cc3)N2N1C. The first kappa shape index (κ1) is 23.9. The number of likely N-dealkylation sites (N-methyl/N-ethyl adjacent to an activating group) is 1. The zero-order valence-corrected chi connectivity index (χ0v) is 21.0. The van der Waals surface area contributed by atoms with Crippen LogP contribution in [0.5, 0.6) is 0 Å². The number of allylic oxidation sites excluding steroid dienone is 1. The molecular formula is C27H28N6O2S. The minimum atomic E-state index is -3.62. The number of fused-ring (bicyclic) bond motifs is 1. The molecule has 2 aliphatic heterocycles. The molecule has 1 aromatic heterocycles. The second-order valence-electron chi connectivity index (χ2n) is 8.66. The molecule has 0 radical (unpaired) electrons. The fourth-order valence-electron chi connectivity index (χ4n) is 4.12. The van der Waals surface area contributed by atoms with Gasteiger partial charge in [-0.05, 0) is 49.4 Å². The number of anilines is 1. The van der Waals surface area contributed by atoms with Crippen molar-refractivity contribution in [3.05, 3.63) is 114 Å². The maximum atomic E-state index is 12.8. The number of hydrazine groups is 1. The van der Waals surface area contributed by atoms with Gasteiger partial charge in [0, 0.05) is 55.3 Å². The zero-order chi connectivity index (χ0) is 25.1. The van der Waals surface area contributed by atoms with E-state index in [4.69, 9.17) is 4.99 Å². The van der Waals surface area contributed by atoms with Crippen molar-refractivity contribution in [1.82, 2.24) is 19.7 Å². The van der Waals surface area contributed by atoms with Gasteiger partial charge in [-0.15, -0.1) is 0 Å². The highest BCUT2D eigenvalue weighted by Gasteiger charge is 2.32. The van der Waals surface area contributed by atoms with Crippen molar-refractivity contribution in [2.45, 2.75) is 24.3 Å². The molecule has 2 aliphatic rings. The second-order valence-corrected chi connectivity index (χ2v) is 10.4. The van der Waals surface area contributed by atoms with Gasteiger partial charge in [0.05, 0.1) is 10.6 Å².